The Balaban J connectivity index is 1.95. The summed E-state index contributed by atoms with van der Waals surface area (Å²) in [5, 5.41) is 21.9. The van der Waals surface area contributed by atoms with Gasteiger partial charge in [-0.25, -0.2) is 0 Å². The number of aromatic nitrogens is 1. The second-order valence-electron chi connectivity index (χ2n) is 5.65. The molecular formula is C15H17N3O3. The molecule has 1 aromatic heterocycles. The molecule has 0 amide bonds. The van der Waals surface area contributed by atoms with Crippen molar-refractivity contribution in [1.82, 2.24) is 4.98 Å². The third-order valence-corrected chi connectivity index (χ3v) is 4.12. The molecule has 0 spiro atoms. The SMILES string of the molecule is CN(CC1CC(O)C1)c1ccc([N+](=O)[O-])c2cnccc12. The van der Waals surface area contributed by atoms with Crippen molar-refractivity contribution in [2.24, 2.45) is 5.92 Å². The molecule has 0 aliphatic heterocycles. The van der Waals surface area contributed by atoms with Gasteiger partial charge in [0.2, 0.25) is 0 Å². The molecule has 0 saturated heterocycles. The van der Waals surface area contributed by atoms with Gasteiger partial charge in [-0.3, -0.25) is 15.1 Å². The number of rotatable bonds is 4. The highest BCUT2D eigenvalue weighted by molar-refractivity contribution is 5.99. The van der Waals surface area contributed by atoms with E-state index in [1.807, 2.05) is 13.1 Å². The number of aliphatic hydroxyl groups is 1. The fraction of sp³-hybridized carbons (Fsp3) is 0.400. The summed E-state index contributed by atoms with van der Waals surface area (Å²) in [6.07, 6.45) is 4.68. The van der Waals surface area contributed by atoms with Crippen LogP contribution in [0.25, 0.3) is 10.8 Å². The van der Waals surface area contributed by atoms with Gasteiger partial charge < -0.3 is 10.0 Å². The van der Waals surface area contributed by atoms with Crippen LogP contribution in [0.5, 0.6) is 0 Å². The molecular weight excluding hydrogens is 270 g/mol. The molecule has 0 bridgehead atoms. The molecule has 1 saturated carbocycles. The number of hydrogen-bond acceptors (Lipinski definition) is 5. The van der Waals surface area contributed by atoms with Crippen molar-refractivity contribution in [3.8, 4) is 0 Å². The number of nitro benzene ring substituents is 1. The van der Waals surface area contributed by atoms with E-state index in [1.54, 1.807) is 12.3 Å². The molecule has 6 nitrogen and oxygen atoms in total. The third kappa shape index (κ3) is 2.54. The van der Waals surface area contributed by atoms with Crippen LogP contribution in [-0.2, 0) is 0 Å². The van der Waals surface area contributed by atoms with E-state index >= 15 is 0 Å². The van der Waals surface area contributed by atoms with Crippen molar-refractivity contribution in [2.45, 2.75) is 18.9 Å². The third-order valence-electron chi connectivity index (χ3n) is 4.12. The van der Waals surface area contributed by atoms with Crippen molar-refractivity contribution in [3.63, 3.8) is 0 Å². The lowest BCUT2D eigenvalue weighted by Gasteiger charge is -2.35. The van der Waals surface area contributed by atoms with Gasteiger partial charge in [0.25, 0.3) is 5.69 Å². The maximum Gasteiger partial charge on any atom is 0.278 e. The average molecular weight is 287 g/mol. The zero-order chi connectivity index (χ0) is 15.0. The Kier molecular flexibility index (Phi) is 3.47. The number of anilines is 1. The van der Waals surface area contributed by atoms with Crippen LogP contribution in [0, 0.1) is 16.0 Å². The van der Waals surface area contributed by atoms with Crippen LogP contribution in [0.2, 0.25) is 0 Å². The van der Waals surface area contributed by atoms with Gasteiger partial charge in [0.1, 0.15) is 0 Å². The first-order valence-corrected chi connectivity index (χ1v) is 6.96. The van der Waals surface area contributed by atoms with E-state index in [4.69, 9.17) is 0 Å². The minimum Gasteiger partial charge on any atom is -0.393 e. The first-order valence-electron chi connectivity index (χ1n) is 6.96. The van der Waals surface area contributed by atoms with Crippen LogP contribution in [-0.4, -0.2) is 34.7 Å². The lowest BCUT2D eigenvalue weighted by atomic mass is 9.82. The van der Waals surface area contributed by atoms with Gasteiger partial charge in [0.15, 0.2) is 0 Å². The Morgan fingerprint density at radius 2 is 2.14 bits per heavy atom. The molecule has 3 rings (SSSR count). The van der Waals surface area contributed by atoms with Crippen molar-refractivity contribution in [1.29, 1.82) is 0 Å². The molecule has 2 aromatic rings. The normalized spacial score (nSPS) is 21.0. The highest BCUT2D eigenvalue weighted by Crippen LogP contribution is 2.34. The number of nitro groups is 1. The summed E-state index contributed by atoms with van der Waals surface area (Å²) in [6, 6.07) is 5.13. The summed E-state index contributed by atoms with van der Waals surface area (Å²) in [5.41, 5.74) is 1.04. The zero-order valence-electron chi connectivity index (χ0n) is 11.8. The summed E-state index contributed by atoms with van der Waals surface area (Å²) in [7, 11) is 1.98. The Bertz CT molecular complexity index is 683. The number of pyridine rings is 1. The standard InChI is InChI=1S/C15H17N3O3/c1-17(9-10-6-11(19)7-10)14-2-3-15(18(20)21)13-8-16-5-4-12(13)14/h2-5,8,10-11,19H,6-7,9H2,1H3. The predicted molar refractivity (Wildman–Crippen MR) is 80.4 cm³/mol. The summed E-state index contributed by atoms with van der Waals surface area (Å²) >= 11 is 0. The molecule has 110 valence electrons. The van der Waals surface area contributed by atoms with Gasteiger partial charge >= 0.3 is 0 Å². The van der Waals surface area contributed by atoms with E-state index < -0.39 is 0 Å². The van der Waals surface area contributed by atoms with Gasteiger partial charge in [-0.05, 0) is 30.9 Å². The van der Waals surface area contributed by atoms with Crippen molar-refractivity contribution >= 4 is 22.1 Å². The smallest absolute Gasteiger partial charge is 0.278 e. The lowest BCUT2D eigenvalue weighted by Crippen LogP contribution is -2.37. The monoisotopic (exact) mass is 287 g/mol. The van der Waals surface area contributed by atoms with Crippen LogP contribution in [0.15, 0.2) is 30.6 Å². The van der Waals surface area contributed by atoms with E-state index in [0.717, 1.165) is 30.5 Å². The molecule has 0 atom stereocenters. The number of fused-ring (bicyclic) bond motifs is 1. The Hall–Kier alpha value is -2.21. The van der Waals surface area contributed by atoms with Crippen molar-refractivity contribution in [3.05, 3.63) is 40.7 Å². The Labute approximate surface area is 122 Å². The summed E-state index contributed by atoms with van der Waals surface area (Å²) in [5.74, 6) is 0.483. The lowest BCUT2D eigenvalue weighted by molar-refractivity contribution is -0.383. The highest BCUT2D eigenvalue weighted by atomic mass is 16.6. The van der Waals surface area contributed by atoms with Gasteiger partial charge in [0.05, 0.1) is 16.4 Å². The van der Waals surface area contributed by atoms with E-state index in [9.17, 15) is 15.2 Å². The molecule has 21 heavy (non-hydrogen) atoms. The Morgan fingerprint density at radius 1 is 1.38 bits per heavy atom. The van der Waals surface area contributed by atoms with Gasteiger partial charge in [-0.15, -0.1) is 0 Å². The second kappa shape index (κ2) is 5.29. The fourth-order valence-corrected chi connectivity index (χ4v) is 2.99. The molecule has 1 aliphatic carbocycles. The quantitative estimate of drug-likeness (QED) is 0.689. The van der Waals surface area contributed by atoms with Crippen molar-refractivity contribution < 1.29 is 10.0 Å². The minimum absolute atomic E-state index is 0.0781. The molecule has 0 radical (unpaired) electrons. The van der Waals surface area contributed by atoms with E-state index in [2.05, 4.69) is 9.88 Å². The predicted octanol–water partition coefficient (Wildman–Crippen LogP) is 2.35. The van der Waals surface area contributed by atoms with Crippen LogP contribution < -0.4 is 4.90 Å². The Morgan fingerprint density at radius 3 is 2.81 bits per heavy atom. The second-order valence-corrected chi connectivity index (χ2v) is 5.65. The molecule has 1 aromatic carbocycles. The first kappa shape index (κ1) is 13.8. The van der Waals surface area contributed by atoms with E-state index in [0.29, 0.717) is 11.3 Å². The average Bonchev–Trinajstić information content (AvgIpc) is 2.44. The minimum atomic E-state index is -0.379. The largest absolute Gasteiger partial charge is 0.393 e. The fourth-order valence-electron chi connectivity index (χ4n) is 2.99. The maximum atomic E-state index is 11.1. The molecule has 1 heterocycles. The number of nitrogens with zero attached hydrogens (tertiary/aromatic N) is 3. The summed E-state index contributed by atoms with van der Waals surface area (Å²) in [6.45, 7) is 0.840. The van der Waals surface area contributed by atoms with Crippen LogP contribution >= 0.6 is 0 Å². The van der Waals surface area contributed by atoms with Gasteiger partial charge in [-0.1, -0.05) is 0 Å². The van der Waals surface area contributed by atoms with Crippen LogP contribution in [0.1, 0.15) is 12.8 Å². The number of aliphatic hydroxyl groups excluding tert-OH is 1. The van der Waals surface area contributed by atoms with Crippen LogP contribution in [0.4, 0.5) is 11.4 Å². The number of non-ortho nitro benzene ring substituents is 1. The molecule has 0 unspecified atom stereocenters. The molecule has 1 N–H and O–H groups in total. The molecule has 1 fully saturated rings. The first-order chi connectivity index (χ1) is 10.1. The topological polar surface area (TPSA) is 79.5 Å². The van der Waals surface area contributed by atoms with Gasteiger partial charge in [-0.2, -0.15) is 0 Å². The number of benzene rings is 1. The van der Waals surface area contributed by atoms with E-state index in [-0.39, 0.29) is 16.7 Å². The summed E-state index contributed by atoms with van der Waals surface area (Å²) < 4.78 is 0. The molecule has 6 heteroatoms. The zero-order valence-corrected chi connectivity index (χ0v) is 11.8. The highest BCUT2D eigenvalue weighted by Gasteiger charge is 2.28. The summed E-state index contributed by atoms with van der Waals surface area (Å²) in [4.78, 5) is 16.8. The number of hydrogen-bond donors (Lipinski definition) is 1. The van der Waals surface area contributed by atoms with Crippen LogP contribution in [0.3, 0.4) is 0 Å². The maximum absolute atomic E-state index is 11.1. The molecule has 1 aliphatic rings. The van der Waals surface area contributed by atoms with E-state index in [1.165, 1.54) is 12.3 Å². The van der Waals surface area contributed by atoms with Gasteiger partial charge in [0, 0.05) is 43.1 Å². The van der Waals surface area contributed by atoms with Crippen molar-refractivity contribution in [2.75, 3.05) is 18.5 Å².